The van der Waals surface area contributed by atoms with Crippen molar-refractivity contribution in [1.82, 2.24) is 14.8 Å². The summed E-state index contributed by atoms with van der Waals surface area (Å²) in [7, 11) is 1.69. The fourth-order valence-electron chi connectivity index (χ4n) is 2.34. The molecule has 0 spiro atoms. The van der Waals surface area contributed by atoms with Crippen molar-refractivity contribution >= 4 is 29.1 Å². The van der Waals surface area contributed by atoms with E-state index in [1.54, 1.807) is 24.1 Å². The summed E-state index contributed by atoms with van der Waals surface area (Å²) in [4.78, 5) is 20.7. The number of carbonyl (C=O) groups excluding carboxylic acids is 1. The third-order valence-corrected chi connectivity index (χ3v) is 4.02. The molecule has 116 valence electrons. The Kier molecular flexibility index (Phi) is 6.23. The Morgan fingerprint density at radius 2 is 2.10 bits per heavy atom. The van der Waals surface area contributed by atoms with Crippen molar-refractivity contribution in [2.45, 2.75) is 6.42 Å². The first-order valence-electron chi connectivity index (χ1n) is 6.94. The number of nitrogens with zero attached hydrogens (tertiary/aromatic N) is 3. The van der Waals surface area contributed by atoms with Crippen LogP contribution in [-0.2, 0) is 4.74 Å². The van der Waals surface area contributed by atoms with Crippen molar-refractivity contribution in [2.75, 3.05) is 46.4 Å². The summed E-state index contributed by atoms with van der Waals surface area (Å²) in [6, 6.07) is 3.18. The minimum absolute atomic E-state index is 0.156. The van der Waals surface area contributed by atoms with Crippen molar-refractivity contribution in [3.8, 4) is 0 Å². The fraction of sp³-hybridized carbons (Fsp3) is 0.571. The Morgan fingerprint density at radius 3 is 2.86 bits per heavy atom. The predicted molar refractivity (Wildman–Crippen MR) is 83.1 cm³/mol. The lowest BCUT2D eigenvalue weighted by Gasteiger charge is -2.21. The number of ether oxygens (including phenoxy) is 1. The minimum atomic E-state index is -0.156. The summed E-state index contributed by atoms with van der Waals surface area (Å²) in [5, 5.41) is 0.615. The Labute approximate surface area is 134 Å². The molecule has 0 bridgehead atoms. The third-order valence-electron chi connectivity index (χ3n) is 3.50. The fourth-order valence-corrected chi connectivity index (χ4v) is 2.67. The molecule has 1 aromatic rings. The van der Waals surface area contributed by atoms with Crippen molar-refractivity contribution in [1.29, 1.82) is 0 Å². The first-order valence-corrected chi connectivity index (χ1v) is 7.70. The number of hydrogen-bond donors (Lipinski definition) is 0. The molecule has 0 N–H and O–H groups in total. The molecular weight excluding hydrogens is 313 g/mol. The van der Waals surface area contributed by atoms with Crippen LogP contribution in [0.4, 0.5) is 0 Å². The molecule has 1 amide bonds. The molecule has 0 radical (unpaired) electrons. The molecule has 1 fully saturated rings. The molecule has 21 heavy (non-hydrogen) atoms. The van der Waals surface area contributed by atoms with E-state index in [0.29, 0.717) is 24.7 Å². The highest BCUT2D eigenvalue weighted by atomic mass is 35.5. The summed E-state index contributed by atoms with van der Waals surface area (Å²) < 4.78 is 5.09. The number of hydrogen-bond acceptors (Lipinski definition) is 4. The highest BCUT2D eigenvalue weighted by Crippen LogP contribution is 2.19. The lowest BCUT2D eigenvalue weighted by molar-refractivity contribution is 0.0753. The van der Waals surface area contributed by atoms with Crippen LogP contribution in [0, 0.1) is 0 Å². The second kappa shape index (κ2) is 7.94. The summed E-state index contributed by atoms with van der Waals surface area (Å²) >= 11 is 11.9. The predicted octanol–water partition coefficient (Wildman–Crippen LogP) is 2.18. The molecule has 0 aromatic carbocycles. The van der Waals surface area contributed by atoms with Gasteiger partial charge in [-0.05, 0) is 25.1 Å². The van der Waals surface area contributed by atoms with E-state index in [1.165, 1.54) is 0 Å². The first kappa shape index (κ1) is 16.5. The van der Waals surface area contributed by atoms with Gasteiger partial charge in [0.1, 0.15) is 10.8 Å². The van der Waals surface area contributed by atoms with Crippen LogP contribution < -0.4 is 0 Å². The van der Waals surface area contributed by atoms with Gasteiger partial charge in [0.05, 0.1) is 11.6 Å². The van der Waals surface area contributed by atoms with Gasteiger partial charge in [-0.15, -0.1) is 0 Å². The van der Waals surface area contributed by atoms with E-state index in [2.05, 4.69) is 9.88 Å². The van der Waals surface area contributed by atoms with E-state index in [1.807, 2.05) is 0 Å². The smallest absolute Gasteiger partial charge is 0.274 e. The van der Waals surface area contributed by atoms with Gasteiger partial charge >= 0.3 is 0 Å². The number of rotatable bonds is 4. The quantitative estimate of drug-likeness (QED) is 0.793. The first-order chi connectivity index (χ1) is 10.1. The van der Waals surface area contributed by atoms with E-state index >= 15 is 0 Å². The molecule has 7 heteroatoms. The Morgan fingerprint density at radius 1 is 1.29 bits per heavy atom. The lowest BCUT2D eigenvalue weighted by Crippen LogP contribution is -2.36. The minimum Gasteiger partial charge on any atom is -0.383 e. The maximum absolute atomic E-state index is 12.5. The number of methoxy groups -OCH3 is 1. The van der Waals surface area contributed by atoms with E-state index < -0.39 is 0 Å². The zero-order valence-corrected chi connectivity index (χ0v) is 13.5. The molecule has 1 aliphatic heterocycles. The SMILES string of the molecule is COCCN1CCCN(C(=O)c2nc(Cl)ccc2Cl)CC1. The summed E-state index contributed by atoms with van der Waals surface area (Å²) in [6.45, 7) is 4.74. The average Bonchev–Trinajstić information content (AvgIpc) is 2.72. The van der Waals surface area contributed by atoms with Gasteiger partial charge in [-0.25, -0.2) is 4.98 Å². The highest BCUT2D eigenvalue weighted by molar-refractivity contribution is 6.34. The summed E-state index contributed by atoms with van der Waals surface area (Å²) in [5.74, 6) is -0.156. The highest BCUT2D eigenvalue weighted by Gasteiger charge is 2.23. The summed E-state index contributed by atoms with van der Waals surface area (Å²) in [6.07, 6.45) is 0.924. The molecular formula is C14H19Cl2N3O2. The molecule has 1 saturated heterocycles. The Bertz CT molecular complexity index is 499. The zero-order chi connectivity index (χ0) is 15.2. The molecule has 1 aliphatic rings. The van der Waals surface area contributed by atoms with Crippen molar-refractivity contribution in [3.63, 3.8) is 0 Å². The molecule has 0 unspecified atom stereocenters. The number of aromatic nitrogens is 1. The maximum atomic E-state index is 12.5. The van der Waals surface area contributed by atoms with Crippen LogP contribution >= 0.6 is 23.2 Å². The van der Waals surface area contributed by atoms with Gasteiger partial charge in [-0.2, -0.15) is 0 Å². The van der Waals surface area contributed by atoms with Gasteiger partial charge in [0.15, 0.2) is 0 Å². The molecule has 5 nitrogen and oxygen atoms in total. The molecule has 0 atom stereocenters. The van der Waals surface area contributed by atoms with Gasteiger partial charge in [0.25, 0.3) is 5.91 Å². The molecule has 2 heterocycles. The molecule has 0 aliphatic carbocycles. The topological polar surface area (TPSA) is 45.7 Å². The number of pyridine rings is 1. The lowest BCUT2D eigenvalue weighted by atomic mass is 10.3. The number of halogens is 2. The van der Waals surface area contributed by atoms with E-state index in [9.17, 15) is 4.79 Å². The second-order valence-electron chi connectivity index (χ2n) is 4.94. The van der Waals surface area contributed by atoms with Crippen molar-refractivity contribution < 1.29 is 9.53 Å². The maximum Gasteiger partial charge on any atom is 0.274 e. The second-order valence-corrected chi connectivity index (χ2v) is 5.74. The van der Waals surface area contributed by atoms with Crippen molar-refractivity contribution in [3.05, 3.63) is 28.0 Å². The van der Waals surface area contributed by atoms with Crippen LogP contribution in [0.1, 0.15) is 16.9 Å². The molecule has 1 aromatic heterocycles. The largest absolute Gasteiger partial charge is 0.383 e. The van der Waals surface area contributed by atoms with Gasteiger partial charge in [-0.1, -0.05) is 23.2 Å². The van der Waals surface area contributed by atoms with Gasteiger partial charge in [-0.3, -0.25) is 9.69 Å². The van der Waals surface area contributed by atoms with E-state index in [-0.39, 0.29) is 16.8 Å². The van der Waals surface area contributed by atoms with Crippen LogP contribution in [0.15, 0.2) is 12.1 Å². The Balaban J connectivity index is 2.01. The normalized spacial score (nSPS) is 16.8. The third kappa shape index (κ3) is 4.54. The van der Waals surface area contributed by atoms with Crippen LogP contribution in [-0.4, -0.2) is 67.1 Å². The zero-order valence-electron chi connectivity index (χ0n) is 12.0. The monoisotopic (exact) mass is 331 g/mol. The van der Waals surface area contributed by atoms with E-state index in [4.69, 9.17) is 27.9 Å². The average molecular weight is 332 g/mol. The van der Waals surface area contributed by atoms with Crippen LogP contribution in [0.25, 0.3) is 0 Å². The van der Waals surface area contributed by atoms with Gasteiger partial charge in [0, 0.05) is 33.3 Å². The molecule has 2 rings (SSSR count). The van der Waals surface area contributed by atoms with Crippen LogP contribution in [0.3, 0.4) is 0 Å². The Hall–Kier alpha value is -0.880. The van der Waals surface area contributed by atoms with Gasteiger partial charge < -0.3 is 9.64 Å². The number of carbonyl (C=O) groups is 1. The van der Waals surface area contributed by atoms with Crippen LogP contribution in [0.2, 0.25) is 10.2 Å². The van der Waals surface area contributed by atoms with E-state index in [0.717, 1.165) is 26.1 Å². The van der Waals surface area contributed by atoms with Gasteiger partial charge in [0.2, 0.25) is 0 Å². The molecule has 0 saturated carbocycles. The van der Waals surface area contributed by atoms with Crippen LogP contribution in [0.5, 0.6) is 0 Å². The summed E-state index contributed by atoms with van der Waals surface area (Å²) in [5.41, 5.74) is 0.231. The number of amides is 1. The standard InChI is InChI=1S/C14H19Cl2N3O2/c1-21-10-9-18-5-2-6-19(8-7-18)14(20)13-11(15)3-4-12(16)17-13/h3-4H,2,5-10H2,1H3. The van der Waals surface area contributed by atoms with Crippen molar-refractivity contribution in [2.24, 2.45) is 0 Å².